The van der Waals surface area contributed by atoms with Crippen molar-refractivity contribution in [3.63, 3.8) is 0 Å². The number of hydrogen-bond donors (Lipinski definition) is 1. The van der Waals surface area contributed by atoms with Gasteiger partial charge in [0.1, 0.15) is 5.75 Å². The number of aliphatic hydroxyl groups is 1. The van der Waals surface area contributed by atoms with Crippen LogP contribution in [-0.2, 0) is 27.8 Å². The van der Waals surface area contributed by atoms with E-state index in [4.69, 9.17) is 9.47 Å². The SMILES string of the molecule is O=S(=O)(c1ccc(OCC2CCOCC2)c(CO)c1)N1c2ccc(N3CCC3)cc2CCC1C1CC1. The van der Waals surface area contributed by atoms with E-state index in [-0.39, 0.29) is 17.5 Å². The van der Waals surface area contributed by atoms with Gasteiger partial charge in [-0.3, -0.25) is 4.31 Å². The molecule has 1 aliphatic carbocycles. The number of nitrogens with zero attached hydrogens (tertiary/aromatic N) is 2. The van der Waals surface area contributed by atoms with Crippen molar-refractivity contribution >= 4 is 21.4 Å². The number of rotatable bonds is 8. The van der Waals surface area contributed by atoms with Gasteiger partial charge in [-0.25, -0.2) is 8.42 Å². The van der Waals surface area contributed by atoms with Gasteiger partial charge in [0.05, 0.1) is 23.8 Å². The van der Waals surface area contributed by atoms with Gasteiger partial charge >= 0.3 is 0 Å². The monoisotopic (exact) mass is 512 g/mol. The highest BCUT2D eigenvalue weighted by Crippen LogP contribution is 2.46. The molecular formula is C28H36N2O5S. The number of sulfonamides is 1. The average Bonchev–Trinajstić information content (AvgIpc) is 3.71. The van der Waals surface area contributed by atoms with Gasteiger partial charge in [0, 0.05) is 43.6 Å². The van der Waals surface area contributed by atoms with E-state index < -0.39 is 10.0 Å². The minimum absolute atomic E-state index is 0.0145. The van der Waals surface area contributed by atoms with Crippen LogP contribution in [0.5, 0.6) is 5.75 Å². The topological polar surface area (TPSA) is 79.3 Å². The van der Waals surface area contributed by atoms with Crippen LogP contribution in [0.1, 0.15) is 49.7 Å². The Balaban J connectivity index is 1.29. The fraction of sp³-hybridized carbons (Fsp3) is 0.571. The van der Waals surface area contributed by atoms with Crippen LogP contribution in [0.2, 0.25) is 0 Å². The molecule has 2 aromatic carbocycles. The second-order valence-electron chi connectivity index (χ2n) is 10.7. The molecule has 0 amide bonds. The summed E-state index contributed by atoms with van der Waals surface area (Å²) in [5.41, 5.74) is 3.62. The van der Waals surface area contributed by atoms with E-state index in [1.54, 1.807) is 22.5 Å². The van der Waals surface area contributed by atoms with Gasteiger partial charge in [-0.2, -0.15) is 0 Å². The average molecular weight is 513 g/mol. The maximum absolute atomic E-state index is 14.1. The highest BCUT2D eigenvalue weighted by Gasteiger charge is 2.44. The van der Waals surface area contributed by atoms with Crippen molar-refractivity contribution in [3.8, 4) is 5.75 Å². The van der Waals surface area contributed by atoms with E-state index in [0.717, 1.165) is 76.1 Å². The summed E-state index contributed by atoms with van der Waals surface area (Å²) >= 11 is 0. The van der Waals surface area contributed by atoms with E-state index in [1.807, 2.05) is 6.07 Å². The van der Waals surface area contributed by atoms with E-state index in [2.05, 4.69) is 17.0 Å². The first kappa shape index (κ1) is 24.1. The van der Waals surface area contributed by atoms with Crippen LogP contribution >= 0.6 is 0 Å². The van der Waals surface area contributed by atoms with Crippen molar-refractivity contribution in [2.75, 3.05) is 42.1 Å². The van der Waals surface area contributed by atoms with Gasteiger partial charge in [0.2, 0.25) is 0 Å². The van der Waals surface area contributed by atoms with Crippen molar-refractivity contribution in [1.29, 1.82) is 0 Å². The quantitative estimate of drug-likeness (QED) is 0.573. The zero-order valence-corrected chi connectivity index (χ0v) is 21.6. The Hall–Kier alpha value is -2.29. The Labute approximate surface area is 214 Å². The summed E-state index contributed by atoms with van der Waals surface area (Å²) in [6.45, 7) is 3.91. The van der Waals surface area contributed by atoms with Crippen LogP contribution in [0, 0.1) is 11.8 Å². The Morgan fingerprint density at radius 1 is 1.00 bits per heavy atom. The molecule has 1 saturated carbocycles. The highest BCUT2D eigenvalue weighted by atomic mass is 32.2. The van der Waals surface area contributed by atoms with Crippen molar-refractivity contribution in [2.45, 2.75) is 62.5 Å². The van der Waals surface area contributed by atoms with Crippen LogP contribution in [0.15, 0.2) is 41.3 Å². The second-order valence-corrected chi connectivity index (χ2v) is 12.5. The first-order valence-electron chi connectivity index (χ1n) is 13.4. The number of hydrogen-bond acceptors (Lipinski definition) is 6. The van der Waals surface area contributed by atoms with Crippen molar-refractivity contribution in [2.24, 2.45) is 11.8 Å². The van der Waals surface area contributed by atoms with Gasteiger partial charge in [-0.15, -0.1) is 0 Å². The summed E-state index contributed by atoms with van der Waals surface area (Å²) in [5, 5.41) is 10.1. The van der Waals surface area contributed by atoms with Crippen LogP contribution in [0.4, 0.5) is 11.4 Å². The van der Waals surface area contributed by atoms with E-state index >= 15 is 0 Å². The number of anilines is 2. The van der Waals surface area contributed by atoms with Gasteiger partial charge in [-0.05, 0) is 98.7 Å². The van der Waals surface area contributed by atoms with Crippen LogP contribution in [-0.4, -0.2) is 52.5 Å². The fourth-order valence-corrected chi connectivity index (χ4v) is 7.62. The molecule has 3 aliphatic heterocycles. The fourth-order valence-electron chi connectivity index (χ4n) is 5.79. The number of benzene rings is 2. The predicted molar refractivity (Wildman–Crippen MR) is 139 cm³/mol. The Kier molecular flexibility index (Phi) is 6.60. The van der Waals surface area contributed by atoms with Gasteiger partial charge < -0.3 is 19.5 Å². The van der Waals surface area contributed by atoms with Crippen molar-refractivity contribution in [1.82, 2.24) is 0 Å². The summed E-state index contributed by atoms with van der Waals surface area (Å²) < 4.78 is 41.4. The van der Waals surface area contributed by atoms with Crippen LogP contribution in [0.25, 0.3) is 0 Å². The molecule has 0 bridgehead atoms. The second kappa shape index (κ2) is 9.88. The van der Waals surface area contributed by atoms with Gasteiger partial charge in [0.25, 0.3) is 10.0 Å². The molecular weight excluding hydrogens is 476 g/mol. The minimum Gasteiger partial charge on any atom is -0.493 e. The molecule has 3 fully saturated rings. The Bertz CT molecular complexity index is 1200. The summed E-state index contributed by atoms with van der Waals surface area (Å²) in [7, 11) is -3.80. The predicted octanol–water partition coefficient (Wildman–Crippen LogP) is 4.11. The highest BCUT2D eigenvalue weighted by molar-refractivity contribution is 7.92. The molecule has 194 valence electrons. The molecule has 2 saturated heterocycles. The lowest BCUT2D eigenvalue weighted by Gasteiger charge is -2.40. The molecule has 0 radical (unpaired) electrons. The summed E-state index contributed by atoms with van der Waals surface area (Å²) in [4.78, 5) is 2.56. The first-order valence-corrected chi connectivity index (χ1v) is 14.9. The molecule has 0 aromatic heterocycles. The third kappa shape index (κ3) is 4.59. The zero-order valence-electron chi connectivity index (χ0n) is 20.8. The molecule has 1 N–H and O–H groups in total. The summed E-state index contributed by atoms with van der Waals surface area (Å²) in [6, 6.07) is 11.2. The summed E-state index contributed by atoms with van der Waals surface area (Å²) in [5.74, 6) is 1.39. The molecule has 6 rings (SSSR count). The van der Waals surface area contributed by atoms with E-state index in [1.165, 1.54) is 12.1 Å². The van der Waals surface area contributed by atoms with Crippen molar-refractivity contribution < 1.29 is 23.0 Å². The molecule has 3 heterocycles. The number of ether oxygens (including phenoxy) is 2. The number of aliphatic hydroxyl groups excluding tert-OH is 1. The first-order chi connectivity index (χ1) is 17.5. The van der Waals surface area contributed by atoms with Crippen LogP contribution in [0.3, 0.4) is 0 Å². The zero-order chi connectivity index (χ0) is 24.7. The van der Waals surface area contributed by atoms with Crippen LogP contribution < -0.4 is 13.9 Å². The standard InChI is InChI=1S/C28H36N2O5S/c31-18-23-17-25(6-9-28(23)35-19-20-10-14-34-15-11-20)36(32,33)30-26(21-2-3-21)7-4-22-16-24(5-8-27(22)30)29-12-1-13-29/h5-6,8-9,16-17,20-21,26,31H,1-4,7,10-15,18-19H2. The van der Waals surface area contributed by atoms with Gasteiger partial charge in [-0.1, -0.05) is 0 Å². The molecule has 1 unspecified atom stereocenters. The lowest BCUT2D eigenvalue weighted by Crippen LogP contribution is -2.45. The Morgan fingerprint density at radius 3 is 2.50 bits per heavy atom. The van der Waals surface area contributed by atoms with E-state index in [0.29, 0.717) is 29.8 Å². The molecule has 0 spiro atoms. The molecule has 4 aliphatic rings. The third-order valence-electron chi connectivity index (χ3n) is 8.27. The van der Waals surface area contributed by atoms with Crippen molar-refractivity contribution in [3.05, 3.63) is 47.5 Å². The molecule has 8 heteroatoms. The van der Waals surface area contributed by atoms with E-state index in [9.17, 15) is 13.5 Å². The third-order valence-corrected chi connectivity index (χ3v) is 10.1. The maximum Gasteiger partial charge on any atom is 0.264 e. The lowest BCUT2D eigenvalue weighted by atomic mass is 9.94. The molecule has 1 atom stereocenters. The molecule has 2 aromatic rings. The molecule has 7 nitrogen and oxygen atoms in total. The Morgan fingerprint density at radius 2 is 1.81 bits per heavy atom. The smallest absolute Gasteiger partial charge is 0.264 e. The maximum atomic E-state index is 14.1. The normalized spacial score (nSPS) is 22.8. The minimum atomic E-state index is -3.80. The molecule has 36 heavy (non-hydrogen) atoms. The largest absolute Gasteiger partial charge is 0.493 e. The van der Waals surface area contributed by atoms with Gasteiger partial charge in [0.15, 0.2) is 0 Å². The number of fused-ring (bicyclic) bond motifs is 1. The summed E-state index contributed by atoms with van der Waals surface area (Å²) in [6.07, 6.45) is 7.04. The lowest BCUT2D eigenvalue weighted by molar-refractivity contribution is 0.0494. The number of aryl methyl sites for hydroxylation is 1.